The third-order valence-corrected chi connectivity index (χ3v) is 4.35. The van der Waals surface area contributed by atoms with Crippen molar-refractivity contribution in [2.75, 3.05) is 13.7 Å². The van der Waals surface area contributed by atoms with Gasteiger partial charge in [0.1, 0.15) is 6.07 Å². The number of nitrogens with zero attached hydrogens (tertiary/aromatic N) is 2. The minimum absolute atomic E-state index is 0.0302. The number of rotatable bonds is 4. The summed E-state index contributed by atoms with van der Waals surface area (Å²) in [4.78, 5) is 10.6. The topological polar surface area (TPSA) is 135 Å². The first kappa shape index (κ1) is 16.2. The molecule has 2 heterocycles. The van der Waals surface area contributed by atoms with Crippen LogP contribution >= 0.6 is 0 Å². The van der Waals surface area contributed by atoms with Crippen molar-refractivity contribution in [3.63, 3.8) is 0 Å². The molecule has 0 radical (unpaired) electrons. The van der Waals surface area contributed by atoms with Gasteiger partial charge in [0.05, 0.1) is 23.1 Å². The number of nitrogens with one attached hydrogen (secondary N) is 2. The summed E-state index contributed by atoms with van der Waals surface area (Å²) in [5.41, 5.74) is 12.8. The molecule has 0 amide bonds. The summed E-state index contributed by atoms with van der Waals surface area (Å²) >= 11 is 0. The van der Waals surface area contributed by atoms with Crippen molar-refractivity contribution in [2.45, 2.75) is 18.2 Å². The molecule has 0 spiro atoms. The Morgan fingerprint density at radius 2 is 2.29 bits per heavy atom. The van der Waals surface area contributed by atoms with Crippen molar-refractivity contribution in [3.05, 3.63) is 51.4 Å². The zero-order valence-corrected chi connectivity index (χ0v) is 12.9. The van der Waals surface area contributed by atoms with Crippen LogP contribution in [0, 0.1) is 27.4 Å². The minimum atomic E-state index is -0.461. The molecule has 1 aromatic rings. The van der Waals surface area contributed by atoms with Crippen LogP contribution in [0.4, 0.5) is 5.69 Å². The Balaban J connectivity index is 2.09. The van der Waals surface area contributed by atoms with E-state index in [4.69, 9.17) is 15.2 Å². The number of benzene rings is 1. The Bertz CT molecular complexity index is 729. The lowest BCUT2D eigenvalue weighted by Crippen LogP contribution is -2.42. The number of hydrogen-bond acceptors (Lipinski definition) is 8. The molecule has 4 unspecified atom stereocenters. The molecule has 9 nitrogen and oxygen atoms in total. The van der Waals surface area contributed by atoms with Crippen LogP contribution in [0.2, 0.25) is 0 Å². The molecule has 1 saturated heterocycles. The van der Waals surface area contributed by atoms with Crippen molar-refractivity contribution < 1.29 is 14.4 Å². The van der Waals surface area contributed by atoms with Crippen LogP contribution in [-0.2, 0) is 9.47 Å². The first-order valence-electron chi connectivity index (χ1n) is 7.37. The number of allylic oxidation sites excluding steroid dienone is 1. The number of nitrogens with two attached hydrogens (primary N) is 1. The summed E-state index contributed by atoms with van der Waals surface area (Å²) in [7, 11) is 1.58. The van der Waals surface area contributed by atoms with Gasteiger partial charge in [-0.3, -0.25) is 10.1 Å². The van der Waals surface area contributed by atoms with Crippen LogP contribution in [0.15, 0.2) is 35.7 Å². The maximum absolute atomic E-state index is 11.1. The number of hydrogen-bond donors (Lipinski definition) is 3. The molecule has 2 aliphatic rings. The lowest BCUT2D eigenvalue weighted by Gasteiger charge is -2.35. The molecule has 1 aromatic carbocycles. The largest absolute Gasteiger partial charge is 0.458 e. The SMILES string of the molecule is COCC1NNC2OC(N)=C(C#N)C(c3cccc([N+](=O)[O-])c3)C12. The number of hydrazine groups is 1. The fraction of sp³-hybridized carbons (Fsp3) is 0.400. The van der Waals surface area contributed by atoms with Crippen LogP contribution < -0.4 is 16.6 Å². The quantitative estimate of drug-likeness (QED) is 0.535. The summed E-state index contributed by atoms with van der Waals surface area (Å²) in [6.45, 7) is 0.390. The zero-order chi connectivity index (χ0) is 17.3. The summed E-state index contributed by atoms with van der Waals surface area (Å²) < 4.78 is 10.8. The number of nitro benzene ring substituents is 1. The molecular weight excluding hydrogens is 314 g/mol. The molecule has 1 fully saturated rings. The van der Waals surface area contributed by atoms with E-state index in [1.807, 2.05) is 0 Å². The maximum Gasteiger partial charge on any atom is 0.269 e. The fourth-order valence-electron chi connectivity index (χ4n) is 3.33. The van der Waals surface area contributed by atoms with Crippen LogP contribution in [0.1, 0.15) is 11.5 Å². The second-order valence-electron chi connectivity index (χ2n) is 5.69. The molecule has 2 aliphatic heterocycles. The van der Waals surface area contributed by atoms with Gasteiger partial charge in [0.2, 0.25) is 5.88 Å². The Labute approximate surface area is 138 Å². The van der Waals surface area contributed by atoms with Gasteiger partial charge in [0.15, 0.2) is 6.23 Å². The Kier molecular flexibility index (Phi) is 4.35. The highest BCUT2D eigenvalue weighted by Crippen LogP contribution is 2.43. The predicted molar refractivity (Wildman–Crippen MR) is 83.0 cm³/mol. The molecule has 0 aromatic heterocycles. The lowest BCUT2D eigenvalue weighted by molar-refractivity contribution is -0.384. The van der Waals surface area contributed by atoms with Gasteiger partial charge in [-0.2, -0.15) is 5.26 Å². The average Bonchev–Trinajstić information content (AvgIpc) is 2.96. The van der Waals surface area contributed by atoms with Crippen LogP contribution in [0.25, 0.3) is 0 Å². The van der Waals surface area contributed by atoms with Crippen LogP contribution in [0.5, 0.6) is 0 Å². The Hall–Kier alpha value is -2.67. The normalized spacial score (nSPS) is 28.8. The van der Waals surface area contributed by atoms with Gasteiger partial charge in [-0.15, -0.1) is 0 Å². The van der Waals surface area contributed by atoms with E-state index in [-0.39, 0.29) is 29.1 Å². The van der Waals surface area contributed by atoms with Gasteiger partial charge >= 0.3 is 0 Å². The van der Waals surface area contributed by atoms with Gasteiger partial charge in [-0.25, -0.2) is 10.9 Å². The van der Waals surface area contributed by atoms with Gasteiger partial charge in [0.25, 0.3) is 5.69 Å². The molecular formula is C15H17N5O4. The molecule has 24 heavy (non-hydrogen) atoms. The maximum atomic E-state index is 11.1. The number of nitro groups is 1. The number of nitriles is 1. The van der Waals surface area contributed by atoms with Gasteiger partial charge in [-0.1, -0.05) is 12.1 Å². The fourth-order valence-corrected chi connectivity index (χ4v) is 3.33. The number of ether oxygens (including phenoxy) is 2. The van der Waals surface area contributed by atoms with E-state index in [0.717, 1.165) is 0 Å². The van der Waals surface area contributed by atoms with E-state index in [2.05, 4.69) is 16.9 Å². The van der Waals surface area contributed by atoms with E-state index in [9.17, 15) is 15.4 Å². The van der Waals surface area contributed by atoms with Gasteiger partial charge in [-0.05, 0) is 5.56 Å². The summed E-state index contributed by atoms with van der Waals surface area (Å²) in [6.07, 6.45) is -0.452. The molecule has 0 aliphatic carbocycles. The highest BCUT2D eigenvalue weighted by Gasteiger charge is 2.48. The van der Waals surface area contributed by atoms with Crippen molar-refractivity contribution in [1.29, 1.82) is 5.26 Å². The van der Waals surface area contributed by atoms with Crippen LogP contribution in [-0.4, -0.2) is 30.9 Å². The van der Waals surface area contributed by atoms with Gasteiger partial charge < -0.3 is 15.2 Å². The smallest absolute Gasteiger partial charge is 0.269 e. The molecule has 3 rings (SSSR count). The Morgan fingerprint density at radius 3 is 2.96 bits per heavy atom. The van der Waals surface area contributed by atoms with E-state index >= 15 is 0 Å². The summed E-state index contributed by atoms with van der Waals surface area (Å²) in [6, 6.07) is 8.20. The molecule has 4 N–H and O–H groups in total. The Morgan fingerprint density at radius 1 is 1.50 bits per heavy atom. The molecule has 4 atom stereocenters. The third kappa shape index (κ3) is 2.67. The van der Waals surface area contributed by atoms with E-state index in [1.165, 1.54) is 12.1 Å². The molecule has 9 heteroatoms. The van der Waals surface area contributed by atoms with Crippen molar-refractivity contribution >= 4 is 5.69 Å². The van der Waals surface area contributed by atoms with Crippen molar-refractivity contribution in [1.82, 2.24) is 10.9 Å². The molecule has 126 valence electrons. The molecule has 0 bridgehead atoms. The predicted octanol–water partition coefficient (Wildman–Crippen LogP) is 0.468. The number of fused-ring (bicyclic) bond motifs is 1. The van der Waals surface area contributed by atoms with Crippen molar-refractivity contribution in [3.8, 4) is 6.07 Å². The van der Waals surface area contributed by atoms with E-state index < -0.39 is 17.1 Å². The third-order valence-electron chi connectivity index (χ3n) is 4.35. The van der Waals surface area contributed by atoms with Crippen LogP contribution in [0.3, 0.4) is 0 Å². The first-order valence-corrected chi connectivity index (χ1v) is 7.37. The summed E-state index contributed by atoms with van der Waals surface area (Å²) in [5, 5.41) is 20.6. The first-order chi connectivity index (χ1) is 11.6. The average molecular weight is 331 g/mol. The monoisotopic (exact) mass is 331 g/mol. The number of methoxy groups -OCH3 is 1. The van der Waals surface area contributed by atoms with Gasteiger partial charge in [0, 0.05) is 31.1 Å². The number of non-ortho nitro benzene ring substituents is 1. The second kappa shape index (κ2) is 6.45. The van der Waals surface area contributed by atoms with E-state index in [1.54, 1.807) is 19.2 Å². The highest BCUT2D eigenvalue weighted by molar-refractivity contribution is 5.45. The summed E-state index contributed by atoms with van der Waals surface area (Å²) in [5.74, 6) is -0.604. The van der Waals surface area contributed by atoms with E-state index in [0.29, 0.717) is 12.2 Å². The standard InChI is InChI=1S/C15H17N5O4/c1-23-7-11-13-12(8-3-2-4-9(5-8)20(21)22)10(6-16)14(17)24-15(13)19-18-11/h2-5,11-13,15,18-19H,7,17H2,1H3. The zero-order valence-electron chi connectivity index (χ0n) is 12.9. The second-order valence-corrected chi connectivity index (χ2v) is 5.69. The highest BCUT2D eigenvalue weighted by atomic mass is 16.6. The lowest BCUT2D eigenvalue weighted by atomic mass is 9.75. The van der Waals surface area contributed by atoms with Crippen molar-refractivity contribution in [2.24, 2.45) is 11.7 Å². The minimum Gasteiger partial charge on any atom is -0.458 e. The molecule has 0 saturated carbocycles.